The molecule has 0 saturated carbocycles. The van der Waals surface area contributed by atoms with Gasteiger partial charge in [-0.2, -0.15) is 0 Å². The number of imidazole rings is 1. The highest BCUT2D eigenvalue weighted by atomic mass is 16.4. The van der Waals surface area contributed by atoms with Crippen molar-refractivity contribution in [2.75, 3.05) is 26.2 Å². The van der Waals surface area contributed by atoms with Crippen molar-refractivity contribution in [1.29, 1.82) is 0 Å². The summed E-state index contributed by atoms with van der Waals surface area (Å²) in [4.78, 5) is 79.3. The van der Waals surface area contributed by atoms with Crippen LogP contribution in [0, 0.1) is 5.92 Å². The van der Waals surface area contributed by atoms with Crippen LogP contribution in [-0.2, 0) is 38.7 Å². The first-order valence-electron chi connectivity index (χ1n) is 17.3. The lowest BCUT2D eigenvalue weighted by Crippen LogP contribution is -2.51. The van der Waals surface area contributed by atoms with Crippen LogP contribution in [0.3, 0.4) is 0 Å². The van der Waals surface area contributed by atoms with Crippen molar-refractivity contribution >= 4 is 40.6 Å². The third kappa shape index (κ3) is 10.3. The Bertz CT molecular complexity index is 1730. The standard InChI is InChI=1S/C34H45N7O5.C2H4O2/c1-3-22(2)30-32(44)36-15-8-18-41-28-20-24(12-13-26(28)38-34(41)46)31(43)35-14-7-17-40(16-6-11-29(42)39-30)33(45)27-19-23-9-4-5-10-25(23)21-37-27;1-2(3)4/h4-5,9-10,12-13,20,22,27,30,37H,3,6-8,11,14-19,21H2,1-2H3,(H,35,43)(H,36,44)(H,38,46)(H,39,42);1H3,(H,3,4)/t22-,27+,30-;/m0./s1. The Hall–Kier alpha value is -4.98. The van der Waals surface area contributed by atoms with Crippen molar-refractivity contribution < 1.29 is 29.1 Å². The van der Waals surface area contributed by atoms with E-state index in [2.05, 4.69) is 38.4 Å². The molecule has 3 aromatic rings. The zero-order valence-electron chi connectivity index (χ0n) is 29.0. The van der Waals surface area contributed by atoms with Crippen molar-refractivity contribution in [3.8, 4) is 0 Å². The van der Waals surface area contributed by atoms with Crippen LogP contribution in [0.1, 0.15) is 74.4 Å². The normalized spacial score (nSPS) is 20.2. The minimum Gasteiger partial charge on any atom is -0.481 e. The Morgan fingerprint density at radius 1 is 0.940 bits per heavy atom. The number of aromatic amines is 1. The first kappa shape index (κ1) is 37.8. The first-order valence-corrected chi connectivity index (χ1v) is 17.3. The largest absolute Gasteiger partial charge is 0.481 e. The number of aryl methyl sites for hydroxylation is 1. The molecule has 0 saturated heterocycles. The molecule has 3 atom stereocenters. The molecule has 1 aromatic heterocycles. The molecule has 0 spiro atoms. The van der Waals surface area contributed by atoms with Crippen LogP contribution in [-0.4, -0.2) is 87.4 Å². The van der Waals surface area contributed by atoms with E-state index < -0.39 is 12.0 Å². The number of hydrogen-bond donors (Lipinski definition) is 6. The van der Waals surface area contributed by atoms with Gasteiger partial charge < -0.3 is 36.3 Å². The SMILES string of the molecule is CC(=O)O.CC[C@H](C)[C@@H]1NC(=O)CCCN(C(=O)[C@H]2Cc3ccccc3CN2)CCCNC(=O)c2ccc3[nH]c(=O)n(c3c2)CCCNC1=O. The molecule has 5 rings (SSSR count). The quantitative estimate of drug-likeness (QED) is 0.240. The number of nitrogens with zero attached hydrogens (tertiary/aromatic N) is 2. The minimum atomic E-state index is -0.833. The lowest BCUT2D eigenvalue weighted by atomic mass is 9.95. The summed E-state index contributed by atoms with van der Waals surface area (Å²) >= 11 is 0. The number of H-pyrrole nitrogens is 1. The lowest BCUT2D eigenvalue weighted by molar-refractivity contribution is -0.135. The van der Waals surface area contributed by atoms with Gasteiger partial charge in [-0.3, -0.25) is 28.5 Å². The molecular formula is C36H49N7O7. The van der Waals surface area contributed by atoms with Gasteiger partial charge >= 0.3 is 5.69 Å². The number of carbonyl (C=O) groups excluding carboxylic acids is 4. The smallest absolute Gasteiger partial charge is 0.326 e. The number of amides is 4. The second-order valence-corrected chi connectivity index (χ2v) is 12.9. The first-order chi connectivity index (χ1) is 24.0. The number of carbonyl (C=O) groups is 5. The van der Waals surface area contributed by atoms with Crippen LogP contribution in [0.15, 0.2) is 47.3 Å². The molecule has 2 bridgehead atoms. The zero-order valence-corrected chi connectivity index (χ0v) is 29.0. The van der Waals surface area contributed by atoms with E-state index in [-0.39, 0.29) is 47.7 Å². The summed E-state index contributed by atoms with van der Waals surface area (Å²) in [6, 6.07) is 12.1. The van der Waals surface area contributed by atoms with Crippen molar-refractivity contribution in [2.45, 2.75) is 84.5 Å². The molecule has 0 aliphatic carbocycles. The summed E-state index contributed by atoms with van der Waals surface area (Å²) in [6.45, 7) is 7.40. The molecule has 0 unspecified atom stereocenters. The number of carboxylic acid groups (broad SMARTS) is 1. The van der Waals surface area contributed by atoms with Crippen LogP contribution < -0.4 is 27.0 Å². The van der Waals surface area contributed by atoms with Gasteiger partial charge in [0.1, 0.15) is 6.04 Å². The van der Waals surface area contributed by atoms with Crippen LogP contribution >= 0.6 is 0 Å². The number of rotatable bonds is 3. The average Bonchev–Trinajstić information content (AvgIpc) is 3.42. The van der Waals surface area contributed by atoms with Gasteiger partial charge in [0.25, 0.3) is 11.9 Å². The Morgan fingerprint density at radius 3 is 2.36 bits per heavy atom. The monoisotopic (exact) mass is 691 g/mol. The topological polar surface area (TPSA) is 195 Å². The maximum absolute atomic E-state index is 13.8. The molecule has 2 aromatic carbocycles. The van der Waals surface area contributed by atoms with Crippen LogP contribution in [0.4, 0.5) is 0 Å². The fourth-order valence-electron chi connectivity index (χ4n) is 6.21. The summed E-state index contributed by atoms with van der Waals surface area (Å²) < 4.78 is 1.57. The van der Waals surface area contributed by atoms with Gasteiger partial charge in [0.05, 0.1) is 17.1 Å². The summed E-state index contributed by atoms with van der Waals surface area (Å²) in [5.41, 5.74) is 3.70. The second-order valence-electron chi connectivity index (χ2n) is 12.9. The van der Waals surface area contributed by atoms with Crippen molar-refractivity contribution in [1.82, 2.24) is 35.7 Å². The third-order valence-corrected chi connectivity index (χ3v) is 9.12. The molecule has 270 valence electrons. The number of hydrogen-bond acceptors (Lipinski definition) is 7. The number of benzene rings is 2. The summed E-state index contributed by atoms with van der Waals surface area (Å²) in [6.07, 6.45) is 2.92. The average molecular weight is 692 g/mol. The van der Waals surface area contributed by atoms with Crippen molar-refractivity contribution in [2.24, 2.45) is 5.92 Å². The van der Waals surface area contributed by atoms with E-state index in [0.717, 1.165) is 12.5 Å². The van der Waals surface area contributed by atoms with Crippen molar-refractivity contribution in [3.63, 3.8) is 0 Å². The van der Waals surface area contributed by atoms with Crippen molar-refractivity contribution in [3.05, 3.63) is 69.6 Å². The Morgan fingerprint density at radius 2 is 1.62 bits per heavy atom. The Labute approximate surface area is 291 Å². The number of fused-ring (bicyclic) bond motifs is 2. The van der Waals surface area contributed by atoms with E-state index >= 15 is 0 Å². The van der Waals surface area contributed by atoms with E-state index in [1.807, 2.05) is 26.0 Å². The molecule has 14 nitrogen and oxygen atoms in total. The van der Waals surface area contributed by atoms with E-state index in [4.69, 9.17) is 9.90 Å². The van der Waals surface area contributed by atoms with Gasteiger partial charge in [0, 0.05) is 58.2 Å². The van der Waals surface area contributed by atoms with Gasteiger partial charge in [-0.15, -0.1) is 0 Å². The molecule has 3 heterocycles. The molecule has 14 heteroatoms. The molecule has 0 fully saturated rings. The lowest BCUT2D eigenvalue weighted by Gasteiger charge is -2.31. The summed E-state index contributed by atoms with van der Waals surface area (Å²) in [5, 5.41) is 19.6. The molecule has 0 radical (unpaired) electrons. The molecule has 2 aliphatic rings. The fraction of sp³-hybridized carbons (Fsp3) is 0.500. The van der Waals surface area contributed by atoms with E-state index in [0.29, 0.717) is 88.0 Å². The fourth-order valence-corrected chi connectivity index (χ4v) is 6.21. The van der Waals surface area contributed by atoms with Crippen LogP contribution in [0.25, 0.3) is 11.0 Å². The van der Waals surface area contributed by atoms with E-state index in [9.17, 15) is 24.0 Å². The van der Waals surface area contributed by atoms with Crippen LogP contribution in [0.5, 0.6) is 0 Å². The maximum atomic E-state index is 13.8. The zero-order chi connectivity index (χ0) is 36.2. The summed E-state index contributed by atoms with van der Waals surface area (Å²) in [7, 11) is 0. The number of carboxylic acids is 1. The second kappa shape index (κ2) is 18.1. The summed E-state index contributed by atoms with van der Waals surface area (Å²) in [5.74, 6) is -1.72. The molecule has 50 heavy (non-hydrogen) atoms. The number of aromatic nitrogens is 2. The van der Waals surface area contributed by atoms with Crippen LogP contribution in [0.2, 0.25) is 0 Å². The van der Waals surface area contributed by atoms with E-state index in [1.165, 1.54) is 5.56 Å². The minimum absolute atomic E-state index is 0.0348. The highest BCUT2D eigenvalue weighted by molar-refractivity contribution is 5.97. The highest BCUT2D eigenvalue weighted by Crippen LogP contribution is 2.18. The van der Waals surface area contributed by atoms with Gasteiger partial charge in [-0.05, 0) is 60.9 Å². The predicted molar refractivity (Wildman–Crippen MR) is 188 cm³/mol. The van der Waals surface area contributed by atoms with Gasteiger partial charge in [-0.1, -0.05) is 44.5 Å². The molecule has 6 N–H and O–H groups in total. The van der Waals surface area contributed by atoms with E-state index in [1.54, 1.807) is 27.7 Å². The molecule has 4 amide bonds. The van der Waals surface area contributed by atoms with Gasteiger partial charge in [-0.25, -0.2) is 4.79 Å². The highest BCUT2D eigenvalue weighted by Gasteiger charge is 2.29. The Balaban J connectivity index is 0.00000133. The van der Waals surface area contributed by atoms with Gasteiger partial charge in [0.15, 0.2) is 0 Å². The molecule has 2 aliphatic heterocycles. The molecular weight excluding hydrogens is 642 g/mol. The van der Waals surface area contributed by atoms with Gasteiger partial charge in [0.2, 0.25) is 17.7 Å². The predicted octanol–water partition coefficient (Wildman–Crippen LogP) is 1.91. The number of nitrogens with one attached hydrogen (secondary N) is 5. The maximum Gasteiger partial charge on any atom is 0.326 e. The third-order valence-electron chi connectivity index (χ3n) is 9.12. The number of aliphatic carboxylic acids is 1. The Kier molecular flexibility index (Phi) is 13.7.